The first-order valence-electron chi connectivity index (χ1n) is 5.67. The molecule has 0 radical (unpaired) electrons. The Balaban J connectivity index is 2.41. The molecule has 1 fully saturated rings. The van der Waals surface area contributed by atoms with E-state index in [-0.39, 0.29) is 12.0 Å². The quantitative estimate of drug-likeness (QED) is 0.847. The number of anilines is 1. The van der Waals surface area contributed by atoms with Crippen LogP contribution in [0.5, 0.6) is 5.75 Å². The number of nitrogens with zero attached hydrogens (tertiary/aromatic N) is 2. The van der Waals surface area contributed by atoms with Crippen molar-refractivity contribution in [1.82, 2.24) is 10.3 Å². The summed E-state index contributed by atoms with van der Waals surface area (Å²) in [4.78, 5) is 17.9. The zero-order valence-corrected chi connectivity index (χ0v) is 10.4. The third kappa shape index (κ3) is 2.49. The lowest BCUT2D eigenvalue weighted by molar-refractivity contribution is 0.0959. The summed E-state index contributed by atoms with van der Waals surface area (Å²) in [7, 11) is 5.37. The van der Waals surface area contributed by atoms with Gasteiger partial charge < -0.3 is 15.0 Å². The van der Waals surface area contributed by atoms with Crippen LogP contribution in [0.2, 0.25) is 0 Å². The predicted octanol–water partition coefficient (Wildman–Crippen LogP) is 1.05. The summed E-state index contributed by atoms with van der Waals surface area (Å²) in [5.74, 6) is 0.421. The molecule has 0 atom stereocenters. The molecule has 1 aliphatic carbocycles. The lowest BCUT2D eigenvalue weighted by atomic mass is 10.2. The van der Waals surface area contributed by atoms with Crippen LogP contribution in [0.1, 0.15) is 23.2 Å². The third-order valence-corrected chi connectivity index (χ3v) is 2.65. The average molecular weight is 235 g/mol. The Morgan fingerprint density at radius 1 is 1.47 bits per heavy atom. The number of nitrogens with one attached hydrogen (secondary N) is 1. The van der Waals surface area contributed by atoms with Gasteiger partial charge in [-0.2, -0.15) is 0 Å². The van der Waals surface area contributed by atoms with Crippen molar-refractivity contribution in [2.24, 2.45) is 0 Å². The average Bonchev–Trinajstić information content (AvgIpc) is 3.11. The molecule has 2 rings (SSSR count). The van der Waals surface area contributed by atoms with Gasteiger partial charge in [-0.3, -0.25) is 9.78 Å². The molecule has 92 valence electrons. The smallest absolute Gasteiger partial charge is 0.257 e. The molecule has 1 heterocycles. The lowest BCUT2D eigenvalue weighted by Gasteiger charge is -2.18. The van der Waals surface area contributed by atoms with Gasteiger partial charge in [0.2, 0.25) is 0 Å². The van der Waals surface area contributed by atoms with Crippen molar-refractivity contribution in [3.05, 3.63) is 18.0 Å². The molecule has 0 aromatic carbocycles. The van der Waals surface area contributed by atoms with E-state index in [2.05, 4.69) is 10.3 Å². The van der Waals surface area contributed by atoms with Gasteiger partial charge in [0.15, 0.2) is 5.75 Å². The van der Waals surface area contributed by atoms with Crippen LogP contribution in [0.25, 0.3) is 0 Å². The molecule has 0 saturated heterocycles. The van der Waals surface area contributed by atoms with Crippen LogP contribution < -0.4 is 15.0 Å². The van der Waals surface area contributed by atoms with E-state index in [4.69, 9.17) is 4.74 Å². The van der Waals surface area contributed by atoms with Crippen molar-refractivity contribution >= 4 is 11.6 Å². The van der Waals surface area contributed by atoms with Crippen molar-refractivity contribution in [2.45, 2.75) is 18.9 Å². The molecule has 17 heavy (non-hydrogen) atoms. The summed E-state index contributed by atoms with van der Waals surface area (Å²) in [5, 5.41) is 2.64. The second-order valence-electron chi connectivity index (χ2n) is 4.32. The predicted molar refractivity (Wildman–Crippen MR) is 65.6 cm³/mol. The molecule has 1 aromatic rings. The standard InChI is InChI=1S/C12H17N3O2/c1-13-12(16)11-9(15(2)3)6-14-7-10(11)17-8-4-5-8/h6-8H,4-5H2,1-3H3,(H,13,16). The largest absolute Gasteiger partial charge is 0.488 e. The van der Waals surface area contributed by atoms with Gasteiger partial charge in [-0.1, -0.05) is 0 Å². The molecule has 0 spiro atoms. The number of amides is 1. The Kier molecular flexibility index (Phi) is 3.17. The van der Waals surface area contributed by atoms with Crippen molar-refractivity contribution in [2.75, 3.05) is 26.0 Å². The number of hydrogen-bond acceptors (Lipinski definition) is 4. The topological polar surface area (TPSA) is 54.5 Å². The number of aromatic nitrogens is 1. The number of hydrogen-bond donors (Lipinski definition) is 1. The fraction of sp³-hybridized carbons (Fsp3) is 0.500. The maximum atomic E-state index is 11.9. The van der Waals surface area contributed by atoms with E-state index in [1.807, 2.05) is 19.0 Å². The van der Waals surface area contributed by atoms with Gasteiger partial charge in [0, 0.05) is 21.1 Å². The van der Waals surface area contributed by atoms with Crippen LogP contribution in [-0.4, -0.2) is 38.1 Å². The Labute approximate surface area is 101 Å². The minimum Gasteiger partial charge on any atom is -0.488 e. The molecule has 0 unspecified atom stereocenters. The Hall–Kier alpha value is -1.78. The minimum absolute atomic E-state index is 0.147. The van der Waals surface area contributed by atoms with E-state index in [0.29, 0.717) is 11.3 Å². The van der Waals surface area contributed by atoms with Gasteiger partial charge in [0.25, 0.3) is 5.91 Å². The number of rotatable bonds is 4. The second kappa shape index (κ2) is 4.61. The molecule has 5 nitrogen and oxygen atoms in total. The molecular weight excluding hydrogens is 218 g/mol. The van der Waals surface area contributed by atoms with E-state index in [1.165, 1.54) is 0 Å². The van der Waals surface area contributed by atoms with Gasteiger partial charge in [0.05, 0.1) is 24.2 Å². The fourth-order valence-electron chi connectivity index (χ4n) is 1.58. The van der Waals surface area contributed by atoms with Crippen LogP contribution in [0, 0.1) is 0 Å². The zero-order valence-electron chi connectivity index (χ0n) is 10.4. The number of carbonyl (C=O) groups is 1. The van der Waals surface area contributed by atoms with Gasteiger partial charge >= 0.3 is 0 Å². The molecule has 1 amide bonds. The maximum Gasteiger partial charge on any atom is 0.257 e. The third-order valence-electron chi connectivity index (χ3n) is 2.65. The molecule has 0 aliphatic heterocycles. The van der Waals surface area contributed by atoms with Crippen LogP contribution in [0.4, 0.5) is 5.69 Å². The first-order chi connectivity index (χ1) is 8.13. The van der Waals surface area contributed by atoms with Crippen molar-refractivity contribution < 1.29 is 9.53 Å². The van der Waals surface area contributed by atoms with E-state index >= 15 is 0 Å². The van der Waals surface area contributed by atoms with Crippen LogP contribution >= 0.6 is 0 Å². The SMILES string of the molecule is CNC(=O)c1c(OC2CC2)cncc1N(C)C. The minimum atomic E-state index is -0.147. The highest BCUT2D eigenvalue weighted by molar-refractivity contribution is 6.02. The molecule has 1 N–H and O–H groups in total. The van der Waals surface area contributed by atoms with Gasteiger partial charge in [0.1, 0.15) is 5.56 Å². The summed E-state index contributed by atoms with van der Waals surface area (Å²) in [6.45, 7) is 0. The van der Waals surface area contributed by atoms with Gasteiger partial charge in [-0.05, 0) is 12.8 Å². The molecular formula is C12H17N3O2. The van der Waals surface area contributed by atoms with E-state index < -0.39 is 0 Å². The highest BCUT2D eigenvalue weighted by Gasteiger charge is 2.27. The Morgan fingerprint density at radius 2 is 2.18 bits per heavy atom. The monoisotopic (exact) mass is 235 g/mol. The highest BCUT2D eigenvalue weighted by Crippen LogP contribution is 2.32. The number of ether oxygens (including phenoxy) is 1. The molecule has 0 bridgehead atoms. The van der Waals surface area contributed by atoms with Crippen LogP contribution in [0.3, 0.4) is 0 Å². The van der Waals surface area contributed by atoms with E-state index in [9.17, 15) is 4.79 Å². The van der Waals surface area contributed by atoms with Crippen molar-refractivity contribution in [1.29, 1.82) is 0 Å². The van der Waals surface area contributed by atoms with Crippen molar-refractivity contribution in [3.63, 3.8) is 0 Å². The van der Waals surface area contributed by atoms with E-state index in [1.54, 1.807) is 19.4 Å². The molecule has 1 aliphatic rings. The Bertz CT molecular complexity index is 428. The summed E-state index contributed by atoms with van der Waals surface area (Å²) < 4.78 is 5.72. The summed E-state index contributed by atoms with van der Waals surface area (Å²) in [6.07, 6.45) is 5.64. The summed E-state index contributed by atoms with van der Waals surface area (Å²) in [5.41, 5.74) is 1.32. The van der Waals surface area contributed by atoms with Crippen LogP contribution in [0.15, 0.2) is 12.4 Å². The van der Waals surface area contributed by atoms with Crippen LogP contribution in [-0.2, 0) is 0 Å². The molecule has 5 heteroatoms. The summed E-state index contributed by atoms with van der Waals surface area (Å²) >= 11 is 0. The van der Waals surface area contributed by atoms with Crippen molar-refractivity contribution in [3.8, 4) is 5.75 Å². The van der Waals surface area contributed by atoms with Gasteiger partial charge in [-0.25, -0.2) is 0 Å². The summed E-state index contributed by atoms with van der Waals surface area (Å²) in [6, 6.07) is 0. The van der Waals surface area contributed by atoms with E-state index in [0.717, 1.165) is 18.5 Å². The second-order valence-corrected chi connectivity index (χ2v) is 4.32. The first kappa shape index (κ1) is 11.7. The maximum absolute atomic E-state index is 11.9. The molecule has 1 aromatic heterocycles. The Morgan fingerprint density at radius 3 is 2.71 bits per heavy atom. The first-order valence-corrected chi connectivity index (χ1v) is 5.67. The highest BCUT2D eigenvalue weighted by atomic mass is 16.5. The fourth-order valence-corrected chi connectivity index (χ4v) is 1.58. The molecule has 1 saturated carbocycles. The number of pyridine rings is 1. The normalized spacial score (nSPS) is 14.3. The van der Waals surface area contributed by atoms with Gasteiger partial charge in [-0.15, -0.1) is 0 Å². The number of carbonyl (C=O) groups excluding carboxylic acids is 1. The lowest BCUT2D eigenvalue weighted by Crippen LogP contribution is -2.23. The zero-order chi connectivity index (χ0) is 12.4.